The average Bonchev–Trinajstić information content (AvgIpc) is 2.68. The predicted octanol–water partition coefficient (Wildman–Crippen LogP) is 5.42. The van der Waals surface area contributed by atoms with E-state index in [0.717, 1.165) is 20.7 Å². The van der Waals surface area contributed by atoms with Crippen LogP contribution in [0.25, 0.3) is 21.6 Å². The van der Waals surface area contributed by atoms with Crippen LogP contribution in [0.3, 0.4) is 0 Å². The van der Waals surface area contributed by atoms with Crippen LogP contribution in [0.15, 0.2) is 18.2 Å². The summed E-state index contributed by atoms with van der Waals surface area (Å²) in [6.07, 6.45) is 0. The Balaban J connectivity index is 2.24. The van der Waals surface area contributed by atoms with Gasteiger partial charge in [0.1, 0.15) is 15.8 Å². The summed E-state index contributed by atoms with van der Waals surface area (Å²) in [5, 5.41) is 1.33. The Labute approximate surface area is 129 Å². The van der Waals surface area contributed by atoms with Crippen LogP contribution in [0.5, 0.6) is 0 Å². The lowest BCUT2D eigenvalue weighted by molar-refractivity contribution is 0.628. The van der Waals surface area contributed by atoms with Gasteiger partial charge in [0.2, 0.25) is 0 Å². The average molecular weight is 327 g/mol. The molecule has 3 aromatic rings. The fourth-order valence-electron chi connectivity index (χ4n) is 1.97. The monoisotopic (exact) mass is 326 g/mol. The van der Waals surface area contributed by atoms with Gasteiger partial charge < -0.3 is 0 Å². The van der Waals surface area contributed by atoms with Crippen LogP contribution in [0.4, 0.5) is 4.39 Å². The molecule has 6 heteroatoms. The summed E-state index contributed by atoms with van der Waals surface area (Å²) in [7, 11) is 0. The van der Waals surface area contributed by atoms with E-state index in [1.807, 2.05) is 13.8 Å². The summed E-state index contributed by atoms with van der Waals surface area (Å²) in [6.45, 7) is 4.02. The number of thiophene rings is 1. The van der Waals surface area contributed by atoms with Gasteiger partial charge in [-0.05, 0) is 37.6 Å². The van der Waals surface area contributed by atoms with E-state index in [0.29, 0.717) is 16.5 Å². The third-order valence-electron chi connectivity index (χ3n) is 3.16. The molecular formula is C14H9Cl2FN2S. The van der Waals surface area contributed by atoms with Crippen molar-refractivity contribution in [2.24, 2.45) is 0 Å². The Morgan fingerprint density at radius 1 is 1.15 bits per heavy atom. The first kappa shape index (κ1) is 13.7. The maximum Gasteiger partial charge on any atom is 0.162 e. The summed E-state index contributed by atoms with van der Waals surface area (Å²) in [5.74, 6) is -0.0175. The Kier molecular flexibility index (Phi) is 3.40. The smallest absolute Gasteiger partial charge is 0.162 e. The standard InChI is InChI=1S/C14H9Cl2FN2S/c1-6-7(2)20-14-11(6)12(16)18-13(19-14)8-3-4-10(17)9(15)5-8/h3-5H,1-2H3. The highest BCUT2D eigenvalue weighted by molar-refractivity contribution is 7.18. The summed E-state index contributed by atoms with van der Waals surface area (Å²) in [5.41, 5.74) is 1.74. The van der Waals surface area contributed by atoms with Gasteiger partial charge in [-0.3, -0.25) is 0 Å². The molecule has 1 aromatic carbocycles. The van der Waals surface area contributed by atoms with Crippen LogP contribution >= 0.6 is 34.5 Å². The van der Waals surface area contributed by atoms with Crippen LogP contribution < -0.4 is 0 Å². The number of nitrogens with zero attached hydrogens (tertiary/aromatic N) is 2. The lowest BCUT2D eigenvalue weighted by atomic mass is 10.2. The zero-order valence-electron chi connectivity index (χ0n) is 10.7. The highest BCUT2D eigenvalue weighted by Crippen LogP contribution is 2.35. The molecule has 2 nitrogen and oxygen atoms in total. The van der Waals surface area contributed by atoms with E-state index in [1.54, 1.807) is 17.4 Å². The largest absolute Gasteiger partial charge is 0.217 e. The second-order valence-electron chi connectivity index (χ2n) is 4.43. The molecule has 0 amide bonds. The summed E-state index contributed by atoms with van der Waals surface area (Å²) < 4.78 is 13.2. The third-order valence-corrected chi connectivity index (χ3v) is 4.83. The van der Waals surface area contributed by atoms with E-state index < -0.39 is 5.82 Å². The van der Waals surface area contributed by atoms with Gasteiger partial charge in [0.15, 0.2) is 5.82 Å². The molecule has 0 atom stereocenters. The van der Waals surface area contributed by atoms with E-state index in [1.165, 1.54) is 12.1 Å². The minimum Gasteiger partial charge on any atom is -0.217 e. The fourth-order valence-corrected chi connectivity index (χ4v) is 3.54. The number of benzene rings is 1. The lowest BCUT2D eigenvalue weighted by Gasteiger charge is -2.03. The van der Waals surface area contributed by atoms with E-state index >= 15 is 0 Å². The molecule has 102 valence electrons. The van der Waals surface area contributed by atoms with Crippen molar-refractivity contribution >= 4 is 44.8 Å². The molecule has 2 heterocycles. The minimum absolute atomic E-state index is 0.0425. The van der Waals surface area contributed by atoms with E-state index in [9.17, 15) is 4.39 Å². The van der Waals surface area contributed by atoms with Crippen molar-refractivity contribution in [3.63, 3.8) is 0 Å². The highest BCUT2D eigenvalue weighted by Gasteiger charge is 2.14. The maximum atomic E-state index is 13.2. The van der Waals surface area contributed by atoms with E-state index in [-0.39, 0.29) is 5.02 Å². The number of fused-ring (bicyclic) bond motifs is 1. The van der Waals surface area contributed by atoms with Gasteiger partial charge in [-0.25, -0.2) is 14.4 Å². The quantitative estimate of drug-likeness (QED) is 0.558. The Morgan fingerprint density at radius 2 is 1.90 bits per heavy atom. The van der Waals surface area contributed by atoms with Crippen molar-refractivity contribution in [1.29, 1.82) is 0 Å². The lowest BCUT2D eigenvalue weighted by Crippen LogP contribution is -1.91. The molecule has 0 N–H and O–H groups in total. The minimum atomic E-state index is -0.467. The molecule has 0 aliphatic carbocycles. The number of hydrogen-bond donors (Lipinski definition) is 0. The molecule has 0 radical (unpaired) electrons. The van der Waals surface area contributed by atoms with Gasteiger partial charge in [0.25, 0.3) is 0 Å². The van der Waals surface area contributed by atoms with Gasteiger partial charge >= 0.3 is 0 Å². The van der Waals surface area contributed by atoms with Gasteiger partial charge in [-0.1, -0.05) is 23.2 Å². The number of aromatic nitrogens is 2. The first-order valence-electron chi connectivity index (χ1n) is 5.86. The second-order valence-corrected chi connectivity index (χ2v) is 6.40. The number of hydrogen-bond acceptors (Lipinski definition) is 3. The molecule has 0 aliphatic rings. The van der Waals surface area contributed by atoms with Crippen molar-refractivity contribution in [3.8, 4) is 11.4 Å². The molecule has 0 saturated heterocycles. The van der Waals surface area contributed by atoms with Crippen LogP contribution in [0.2, 0.25) is 10.2 Å². The molecule has 0 unspecified atom stereocenters. The number of rotatable bonds is 1. The number of halogens is 3. The molecule has 0 spiro atoms. The predicted molar refractivity (Wildman–Crippen MR) is 82.3 cm³/mol. The Bertz CT molecular complexity index is 830. The van der Waals surface area contributed by atoms with Crippen LogP contribution in [-0.2, 0) is 0 Å². The molecule has 3 rings (SSSR count). The normalized spacial score (nSPS) is 11.2. The molecule has 20 heavy (non-hydrogen) atoms. The molecule has 0 aliphatic heterocycles. The van der Waals surface area contributed by atoms with Gasteiger partial charge in [0, 0.05) is 10.4 Å². The van der Waals surface area contributed by atoms with E-state index in [2.05, 4.69) is 9.97 Å². The topological polar surface area (TPSA) is 25.8 Å². The van der Waals surface area contributed by atoms with Gasteiger partial charge in [-0.2, -0.15) is 0 Å². The van der Waals surface area contributed by atoms with Crippen molar-refractivity contribution in [1.82, 2.24) is 9.97 Å². The maximum absolute atomic E-state index is 13.2. The SMILES string of the molecule is Cc1sc2nc(-c3ccc(F)c(Cl)c3)nc(Cl)c2c1C. The zero-order chi connectivity index (χ0) is 14.4. The second kappa shape index (κ2) is 4.95. The Morgan fingerprint density at radius 3 is 2.60 bits per heavy atom. The van der Waals surface area contributed by atoms with Crippen LogP contribution in [0, 0.1) is 19.7 Å². The van der Waals surface area contributed by atoms with Gasteiger partial charge in [0.05, 0.1) is 10.4 Å². The third kappa shape index (κ3) is 2.18. The van der Waals surface area contributed by atoms with Crippen molar-refractivity contribution in [2.45, 2.75) is 13.8 Å². The Hall–Kier alpha value is -1.23. The molecule has 0 fully saturated rings. The van der Waals surface area contributed by atoms with E-state index in [4.69, 9.17) is 23.2 Å². The van der Waals surface area contributed by atoms with Crippen molar-refractivity contribution < 1.29 is 4.39 Å². The fraction of sp³-hybridized carbons (Fsp3) is 0.143. The summed E-state index contributed by atoms with van der Waals surface area (Å²) in [4.78, 5) is 10.8. The summed E-state index contributed by atoms with van der Waals surface area (Å²) in [6, 6.07) is 4.39. The van der Waals surface area contributed by atoms with Crippen molar-refractivity contribution in [2.75, 3.05) is 0 Å². The first-order chi connectivity index (χ1) is 9.47. The molecule has 2 aromatic heterocycles. The first-order valence-corrected chi connectivity index (χ1v) is 7.43. The zero-order valence-corrected chi connectivity index (χ0v) is 13.0. The molecular weight excluding hydrogens is 318 g/mol. The molecule has 0 bridgehead atoms. The summed E-state index contributed by atoms with van der Waals surface area (Å²) >= 11 is 13.6. The van der Waals surface area contributed by atoms with Crippen molar-refractivity contribution in [3.05, 3.63) is 44.6 Å². The number of aryl methyl sites for hydroxylation is 2. The molecule has 0 saturated carbocycles. The highest BCUT2D eigenvalue weighted by atomic mass is 35.5. The van der Waals surface area contributed by atoms with Crippen LogP contribution in [0.1, 0.15) is 10.4 Å². The van der Waals surface area contributed by atoms with Gasteiger partial charge in [-0.15, -0.1) is 11.3 Å². The van der Waals surface area contributed by atoms with Crippen LogP contribution in [-0.4, -0.2) is 9.97 Å².